The van der Waals surface area contributed by atoms with Crippen LogP contribution in [0.5, 0.6) is 0 Å². The van der Waals surface area contributed by atoms with Crippen molar-refractivity contribution in [3.8, 4) is 5.69 Å². The molecule has 6 nitrogen and oxygen atoms in total. The summed E-state index contributed by atoms with van der Waals surface area (Å²) < 4.78 is 15.3. The average molecular weight is 410 g/mol. The lowest BCUT2D eigenvalue weighted by molar-refractivity contribution is -0.117. The molecular weight excluding hydrogens is 391 g/mol. The van der Waals surface area contributed by atoms with E-state index in [1.165, 1.54) is 23.9 Å². The van der Waals surface area contributed by atoms with Gasteiger partial charge in [0, 0.05) is 24.9 Å². The fraction of sp³-hybridized carbons (Fsp3) is 0.190. The van der Waals surface area contributed by atoms with Gasteiger partial charge in [0.05, 0.1) is 22.8 Å². The maximum Gasteiger partial charge on any atom is 0.237 e. The molecule has 8 heteroatoms. The Hall–Kier alpha value is -3.13. The molecule has 1 N–H and O–H groups in total. The summed E-state index contributed by atoms with van der Waals surface area (Å²) in [6, 6.07) is 13.2. The second-order valence-electron chi connectivity index (χ2n) is 6.73. The van der Waals surface area contributed by atoms with Crippen LogP contribution in [0.4, 0.5) is 15.8 Å². The van der Waals surface area contributed by atoms with E-state index < -0.39 is 0 Å². The van der Waals surface area contributed by atoms with Crippen molar-refractivity contribution in [3.05, 3.63) is 66.7 Å². The van der Waals surface area contributed by atoms with Gasteiger partial charge in [-0.25, -0.2) is 9.37 Å². The molecule has 0 aliphatic carbocycles. The molecular formula is C21H19FN4O2S. The molecule has 2 aromatic carbocycles. The van der Waals surface area contributed by atoms with Crippen LogP contribution in [0.25, 0.3) is 5.69 Å². The number of anilines is 2. The largest absolute Gasteiger partial charge is 0.324 e. The van der Waals surface area contributed by atoms with Crippen molar-refractivity contribution in [1.82, 2.24) is 9.55 Å². The molecule has 1 aliphatic heterocycles. The summed E-state index contributed by atoms with van der Waals surface area (Å²) in [6.07, 6.45) is 3.57. The number of fused-ring (bicyclic) bond motifs is 1. The minimum atomic E-state index is -0.338. The fourth-order valence-corrected chi connectivity index (χ4v) is 4.22. The molecule has 2 amide bonds. The van der Waals surface area contributed by atoms with Gasteiger partial charge < -0.3 is 10.2 Å². The number of halogens is 1. The zero-order valence-corrected chi connectivity index (χ0v) is 16.5. The lowest BCUT2D eigenvalue weighted by atomic mass is 10.2. The van der Waals surface area contributed by atoms with Crippen LogP contribution in [-0.4, -0.2) is 33.2 Å². The van der Waals surface area contributed by atoms with Crippen molar-refractivity contribution < 1.29 is 14.0 Å². The van der Waals surface area contributed by atoms with E-state index in [1.807, 2.05) is 25.1 Å². The van der Waals surface area contributed by atoms with Gasteiger partial charge in [-0.3, -0.25) is 14.2 Å². The molecule has 0 fully saturated rings. The highest BCUT2D eigenvalue weighted by atomic mass is 32.2. The topological polar surface area (TPSA) is 67.2 Å². The van der Waals surface area contributed by atoms with Crippen LogP contribution in [0.1, 0.15) is 13.3 Å². The second kappa shape index (κ2) is 8.08. The van der Waals surface area contributed by atoms with Gasteiger partial charge in [-0.15, -0.1) is 0 Å². The molecule has 0 spiro atoms. The predicted octanol–water partition coefficient (Wildman–Crippen LogP) is 3.87. The number of nitrogens with zero attached hydrogens (tertiary/aromatic N) is 3. The molecule has 29 heavy (non-hydrogen) atoms. The third kappa shape index (κ3) is 4.02. The van der Waals surface area contributed by atoms with Gasteiger partial charge in [0.1, 0.15) is 5.82 Å². The smallest absolute Gasteiger partial charge is 0.237 e. The van der Waals surface area contributed by atoms with Crippen LogP contribution >= 0.6 is 11.8 Å². The van der Waals surface area contributed by atoms with Gasteiger partial charge in [-0.2, -0.15) is 0 Å². The molecule has 148 valence electrons. The van der Waals surface area contributed by atoms with Crippen LogP contribution in [0, 0.1) is 5.82 Å². The highest BCUT2D eigenvalue weighted by Crippen LogP contribution is 2.32. The minimum absolute atomic E-state index is 0.116. The molecule has 4 rings (SSSR count). The second-order valence-corrected chi connectivity index (χ2v) is 7.67. The van der Waals surface area contributed by atoms with Crippen molar-refractivity contribution in [2.45, 2.75) is 24.5 Å². The van der Waals surface area contributed by atoms with E-state index in [-0.39, 0.29) is 35.8 Å². The fourth-order valence-electron chi connectivity index (χ4n) is 3.38. The number of hydrogen-bond acceptors (Lipinski definition) is 4. The predicted molar refractivity (Wildman–Crippen MR) is 111 cm³/mol. The van der Waals surface area contributed by atoms with Crippen LogP contribution in [-0.2, 0) is 9.59 Å². The number of aromatic nitrogens is 2. The number of rotatable bonds is 4. The molecule has 3 aromatic rings. The highest BCUT2D eigenvalue weighted by molar-refractivity contribution is 7.99. The first kappa shape index (κ1) is 19.2. The Morgan fingerprint density at radius 1 is 1.28 bits per heavy atom. The Morgan fingerprint density at radius 2 is 2.10 bits per heavy atom. The van der Waals surface area contributed by atoms with Gasteiger partial charge in [0.15, 0.2) is 5.16 Å². The number of thioether (sulfide) groups is 1. The van der Waals surface area contributed by atoms with Gasteiger partial charge in [0.25, 0.3) is 0 Å². The molecule has 1 aliphatic rings. The van der Waals surface area contributed by atoms with Gasteiger partial charge >= 0.3 is 0 Å². The lowest BCUT2D eigenvalue weighted by Crippen LogP contribution is -2.40. The van der Waals surface area contributed by atoms with Crippen molar-refractivity contribution in [3.63, 3.8) is 0 Å². The normalized spacial score (nSPS) is 16.1. The summed E-state index contributed by atoms with van der Waals surface area (Å²) in [6.45, 7) is 1.86. The van der Waals surface area contributed by atoms with Crippen LogP contribution in [0.15, 0.2) is 66.1 Å². The van der Waals surface area contributed by atoms with Crippen LogP contribution in [0.3, 0.4) is 0 Å². The molecule has 1 atom stereocenters. The Balaban J connectivity index is 1.55. The summed E-state index contributed by atoms with van der Waals surface area (Å²) in [5, 5.41) is 3.44. The number of carbonyl (C=O) groups excluding carboxylic acids is 2. The zero-order valence-electron chi connectivity index (χ0n) is 15.7. The van der Waals surface area contributed by atoms with E-state index in [4.69, 9.17) is 0 Å². The number of carbonyl (C=O) groups is 2. The quantitative estimate of drug-likeness (QED) is 0.663. The number of amides is 2. The maximum atomic E-state index is 13.6. The zero-order chi connectivity index (χ0) is 20.4. The van der Waals surface area contributed by atoms with E-state index in [1.54, 1.807) is 40.1 Å². The van der Waals surface area contributed by atoms with Crippen LogP contribution in [0.2, 0.25) is 0 Å². The first-order valence-corrected chi connectivity index (χ1v) is 10.1. The highest BCUT2D eigenvalue weighted by Gasteiger charge is 2.29. The molecule has 2 heterocycles. The van der Waals surface area contributed by atoms with Gasteiger partial charge in [-0.05, 0) is 37.3 Å². The number of imidazole rings is 1. The van der Waals surface area contributed by atoms with E-state index in [0.717, 1.165) is 0 Å². The Bertz CT molecular complexity index is 1070. The Kier molecular flexibility index (Phi) is 5.35. The van der Waals surface area contributed by atoms with E-state index >= 15 is 0 Å². The number of benzene rings is 2. The van der Waals surface area contributed by atoms with Crippen molar-refractivity contribution in [2.24, 2.45) is 0 Å². The van der Waals surface area contributed by atoms with Crippen molar-refractivity contribution >= 4 is 35.0 Å². The number of nitrogens with one attached hydrogen (secondary N) is 1. The maximum absolute atomic E-state index is 13.6. The Morgan fingerprint density at radius 3 is 2.93 bits per heavy atom. The summed E-state index contributed by atoms with van der Waals surface area (Å²) in [4.78, 5) is 31.2. The summed E-state index contributed by atoms with van der Waals surface area (Å²) in [7, 11) is 0. The van der Waals surface area contributed by atoms with E-state index in [0.29, 0.717) is 22.2 Å². The summed E-state index contributed by atoms with van der Waals surface area (Å²) in [5.74, 6) is -0.440. The number of hydrogen-bond donors (Lipinski definition) is 1. The standard InChI is InChI=1S/C21H19FN4O2S/c1-14-11-19(27)24-17-7-2-3-8-18(17)26(14)20(28)13-29-21-23-9-10-25(21)16-6-4-5-15(22)12-16/h2-10,12,14H,11,13H2,1H3,(H,24,27)/t14-/m0/s1. The van der Waals surface area contributed by atoms with Gasteiger partial charge in [-0.1, -0.05) is 30.0 Å². The summed E-state index contributed by atoms with van der Waals surface area (Å²) >= 11 is 1.27. The summed E-state index contributed by atoms with van der Waals surface area (Å²) in [5.41, 5.74) is 1.95. The first-order chi connectivity index (χ1) is 14.0. The molecule has 0 unspecified atom stereocenters. The third-order valence-electron chi connectivity index (χ3n) is 4.65. The van der Waals surface area contributed by atoms with Gasteiger partial charge in [0.2, 0.25) is 11.8 Å². The third-order valence-corrected chi connectivity index (χ3v) is 5.60. The molecule has 0 saturated heterocycles. The van der Waals surface area contributed by atoms with Crippen molar-refractivity contribution in [2.75, 3.05) is 16.0 Å². The van der Waals surface area contributed by atoms with Crippen molar-refractivity contribution in [1.29, 1.82) is 0 Å². The molecule has 0 bridgehead atoms. The lowest BCUT2D eigenvalue weighted by Gasteiger charge is -2.27. The van der Waals surface area contributed by atoms with E-state index in [2.05, 4.69) is 10.3 Å². The monoisotopic (exact) mass is 410 g/mol. The number of para-hydroxylation sites is 2. The first-order valence-electron chi connectivity index (χ1n) is 9.16. The Labute approximate surface area is 171 Å². The molecule has 0 saturated carbocycles. The molecule has 0 radical (unpaired) electrons. The average Bonchev–Trinajstić information content (AvgIpc) is 3.11. The SMILES string of the molecule is C[C@H]1CC(=O)Nc2ccccc2N1C(=O)CSc1nccn1-c1cccc(F)c1. The minimum Gasteiger partial charge on any atom is -0.324 e. The van der Waals surface area contributed by atoms with Crippen LogP contribution < -0.4 is 10.2 Å². The molecule has 1 aromatic heterocycles. The van der Waals surface area contributed by atoms with E-state index in [9.17, 15) is 14.0 Å².